The summed E-state index contributed by atoms with van der Waals surface area (Å²) in [5, 5.41) is 0. The van der Waals surface area contributed by atoms with Crippen LogP contribution in [0.2, 0.25) is 0 Å². The van der Waals surface area contributed by atoms with Crippen LogP contribution in [0.15, 0.2) is 48.5 Å². The van der Waals surface area contributed by atoms with Gasteiger partial charge in [0, 0.05) is 11.3 Å². The molecular weight excluding hydrogens is 216 g/mol. The highest BCUT2D eigenvalue weighted by molar-refractivity contribution is 5.45. The van der Waals surface area contributed by atoms with Gasteiger partial charge < -0.3 is 0 Å². The molecule has 0 heterocycles. The Bertz CT molecular complexity index is 498. The van der Waals surface area contributed by atoms with Gasteiger partial charge in [-0.05, 0) is 28.7 Å². The summed E-state index contributed by atoms with van der Waals surface area (Å²) >= 11 is 0. The predicted molar refractivity (Wildman–Crippen MR) is 77.1 cm³/mol. The van der Waals surface area contributed by atoms with Gasteiger partial charge in [-0.25, -0.2) is 0 Å². The number of hydrogen-bond donors (Lipinski definition) is 0. The molecule has 18 heavy (non-hydrogen) atoms. The standard InChI is InChI=1S/C18H20/c1-4-18(3)16-9-5-14(6-10-16)13(2)15-7-11-17(18)12-8-15/h5-13H,4H2,1-3H3. The van der Waals surface area contributed by atoms with Crippen molar-refractivity contribution in [1.29, 1.82) is 0 Å². The highest BCUT2D eigenvalue weighted by atomic mass is 14.3. The molecule has 2 aromatic carbocycles. The first-order chi connectivity index (χ1) is 8.65. The zero-order chi connectivity index (χ0) is 12.8. The lowest BCUT2D eigenvalue weighted by atomic mass is 9.72. The van der Waals surface area contributed by atoms with Gasteiger partial charge in [-0.3, -0.25) is 0 Å². The van der Waals surface area contributed by atoms with Gasteiger partial charge in [0.1, 0.15) is 0 Å². The highest BCUT2D eigenvalue weighted by Crippen LogP contribution is 2.38. The zero-order valence-corrected chi connectivity index (χ0v) is 11.4. The van der Waals surface area contributed by atoms with E-state index in [1.807, 2.05) is 0 Å². The van der Waals surface area contributed by atoms with Gasteiger partial charge in [0.05, 0.1) is 0 Å². The molecule has 4 aliphatic carbocycles. The van der Waals surface area contributed by atoms with E-state index in [0.29, 0.717) is 5.92 Å². The van der Waals surface area contributed by atoms with Crippen LogP contribution in [-0.2, 0) is 5.41 Å². The van der Waals surface area contributed by atoms with Crippen LogP contribution >= 0.6 is 0 Å². The van der Waals surface area contributed by atoms with Crippen LogP contribution < -0.4 is 0 Å². The Morgan fingerprint density at radius 1 is 0.833 bits per heavy atom. The topological polar surface area (TPSA) is 0 Å². The molecule has 0 amide bonds. The Morgan fingerprint density at radius 2 is 1.22 bits per heavy atom. The normalized spacial score (nSPS) is 25.4. The fourth-order valence-corrected chi connectivity index (χ4v) is 3.05. The fourth-order valence-electron chi connectivity index (χ4n) is 3.05. The van der Waals surface area contributed by atoms with Crippen molar-refractivity contribution in [2.75, 3.05) is 0 Å². The van der Waals surface area contributed by atoms with Gasteiger partial charge >= 0.3 is 0 Å². The lowest BCUT2D eigenvalue weighted by Crippen LogP contribution is -2.23. The third-order valence-electron chi connectivity index (χ3n) is 4.80. The van der Waals surface area contributed by atoms with E-state index in [1.165, 1.54) is 22.3 Å². The minimum atomic E-state index is 0.137. The molecule has 0 atom stereocenters. The summed E-state index contributed by atoms with van der Waals surface area (Å²) in [6, 6.07) is 18.4. The van der Waals surface area contributed by atoms with Gasteiger partial charge in [0.25, 0.3) is 0 Å². The maximum absolute atomic E-state index is 2.35. The van der Waals surface area contributed by atoms with Gasteiger partial charge in [0.15, 0.2) is 0 Å². The van der Waals surface area contributed by atoms with Crippen LogP contribution in [0.25, 0.3) is 0 Å². The first-order valence-corrected chi connectivity index (χ1v) is 6.86. The van der Waals surface area contributed by atoms with Gasteiger partial charge in [-0.1, -0.05) is 69.3 Å². The van der Waals surface area contributed by atoms with Gasteiger partial charge in [-0.2, -0.15) is 0 Å². The number of benzene rings is 2. The molecule has 0 radical (unpaired) electrons. The van der Waals surface area contributed by atoms with Crippen LogP contribution in [-0.4, -0.2) is 0 Å². The second-order valence-electron chi connectivity index (χ2n) is 5.65. The average Bonchev–Trinajstić information content (AvgIpc) is 2.45. The first-order valence-electron chi connectivity index (χ1n) is 6.86. The predicted octanol–water partition coefficient (Wildman–Crippen LogP) is 4.87. The molecule has 2 aromatic rings. The average molecular weight is 236 g/mol. The SMILES string of the molecule is CCC1(C)c2ccc(cc2)C(C)c2ccc1cc2. The second kappa shape index (κ2) is 3.98. The first kappa shape index (κ1) is 11.5. The van der Waals surface area contributed by atoms with Crippen LogP contribution in [0.3, 0.4) is 0 Å². The van der Waals surface area contributed by atoms with E-state index < -0.39 is 0 Å². The molecule has 4 bridgehead atoms. The van der Waals surface area contributed by atoms with E-state index >= 15 is 0 Å². The molecule has 6 rings (SSSR count). The van der Waals surface area contributed by atoms with Crippen molar-refractivity contribution >= 4 is 0 Å². The molecule has 0 aliphatic heterocycles. The molecule has 0 unspecified atom stereocenters. The van der Waals surface area contributed by atoms with Crippen molar-refractivity contribution in [3.05, 3.63) is 70.8 Å². The molecule has 0 saturated heterocycles. The van der Waals surface area contributed by atoms with Gasteiger partial charge in [-0.15, -0.1) is 0 Å². The van der Waals surface area contributed by atoms with Crippen LogP contribution in [0.1, 0.15) is 55.4 Å². The lowest BCUT2D eigenvalue weighted by Gasteiger charge is -2.31. The minimum absolute atomic E-state index is 0.137. The quantitative estimate of drug-likeness (QED) is 0.662. The summed E-state index contributed by atoms with van der Waals surface area (Å²) in [4.78, 5) is 0. The maximum Gasteiger partial charge on any atom is 0.0172 e. The van der Waals surface area contributed by atoms with E-state index in [1.54, 1.807) is 0 Å². The molecule has 92 valence electrons. The molecule has 0 N–H and O–H groups in total. The summed E-state index contributed by atoms with van der Waals surface area (Å²) in [7, 11) is 0. The minimum Gasteiger partial charge on any atom is -0.0642 e. The monoisotopic (exact) mass is 236 g/mol. The zero-order valence-electron chi connectivity index (χ0n) is 11.4. The van der Waals surface area contributed by atoms with E-state index in [0.717, 1.165) is 6.42 Å². The summed E-state index contributed by atoms with van der Waals surface area (Å²) in [5.74, 6) is 0.485. The Morgan fingerprint density at radius 3 is 1.56 bits per heavy atom. The van der Waals surface area contributed by atoms with Crippen molar-refractivity contribution < 1.29 is 0 Å². The van der Waals surface area contributed by atoms with E-state index in [2.05, 4.69) is 69.3 Å². The molecule has 0 nitrogen and oxygen atoms in total. The summed E-state index contributed by atoms with van der Waals surface area (Å²) in [6.07, 6.45) is 1.13. The summed E-state index contributed by atoms with van der Waals surface area (Å²) in [6.45, 7) is 6.91. The van der Waals surface area contributed by atoms with Crippen LogP contribution in [0.5, 0.6) is 0 Å². The van der Waals surface area contributed by atoms with Crippen LogP contribution in [0, 0.1) is 0 Å². The maximum atomic E-state index is 2.35. The number of rotatable bonds is 1. The van der Waals surface area contributed by atoms with E-state index in [9.17, 15) is 0 Å². The third kappa shape index (κ3) is 1.52. The van der Waals surface area contributed by atoms with Crippen molar-refractivity contribution in [2.45, 2.75) is 38.5 Å². The van der Waals surface area contributed by atoms with E-state index in [4.69, 9.17) is 0 Å². The van der Waals surface area contributed by atoms with Crippen molar-refractivity contribution in [3.63, 3.8) is 0 Å². The largest absolute Gasteiger partial charge is 0.0642 e. The molecule has 0 spiro atoms. The van der Waals surface area contributed by atoms with Crippen molar-refractivity contribution in [1.82, 2.24) is 0 Å². The fraction of sp³-hybridized carbons (Fsp3) is 0.333. The van der Waals surface area contributed by atoms with Gasteiger partial charge in [0.2, 0.25) is 0 Å². The molecular formula is C18H20. The van der Waals surface area contributed by atoms with Crippen molar-refractivity contribution in [2.24, 2.45) is 0 Å². The molecule has 0 heteroatoms. The second-order valence-corrected chi connectivity index (χ2v) is 5.65. The Kier molecular flexibility index (Phi) is 2.55. The van der Waals surface area contributed by atoms with Crippen molar-refractivity contribution in [3.8, 4) is 0 Å². The number of hydrogen-bond acceptors (Lipinski definition) is 0. The Balaban J connectivity index is 2.30. The molecule has 4 aliphatic rings. The summed E-state index contributed by atoms with van der Waals surface area (Å²) in [5.41, 5.74) is 5.81. The Hall–Kier alpha value is -1.56. The smallest absolute Gasteiger partial charge is 0.0172 e. The molecule has 0 aromatic heterocycles. The van der Waals surface area contributed by atoms with Crippen LogP contribution in [0.4, 0.5) is 0 Å². The lowest BCUT2D eigenvalue weighted by molar-refractivity contribution is 0.548. The van der Waals surface area contributed by atoms with E-state index in [-0.39, 0.29) is 5.41 Å². The molecule has 0 fully saturated rings. The Labute approximate surface area is 110 Å². The summed E-state index contributed by atoms with van der Waals surface area (Å²) < 4.78 is 0. The molecule has 0 saturated carbocycles. The highest BCUT2D eigenvalue weighted by Gasteiger charge is 2.28. The third-order valence-corrected chi connectivity index (χ3v) is 4.80.